The first-order valence-corrected chi connectivity index (χ1v) is 8.43. The van der Waals surface area contributed by atoms with Crippen LogP contribution in [0.5, 0.6) is 0 Å². The Hall–Kier alpha value is -2.78. The summed E-state index contributed by atoms with van der Waals surface area (Å²) in [5, 5.41) is 15.0. The number of hydrogen-bond acceptors (Lipinski definition) is 7. The average Bonchev–Trinajstić information content (AvgIpc) is 3.33. The van der Waals surface area contributed by atoms with Crippen molar-refractivity contribution in [2.24, 2.45) is 0 Å². The second-order valence-corrected chi connectivity index (χ2v) is 6.77. The summed E-state index contributed by atoms with van der Waals surface area (Å²) in [7, 11) is 0. The minimum absolute atomic E-state index is 0.0470. The van der Waals surface area contributed by atoms with Crippen molar-refractivity contribution in [3.05, 3.63) is 72.3 Å². The fourth-order valence-corrected chi connectivity index (χ4v) is 3.57. The quantitative estimate of drug-likeness (QED) is 0.411. The smallest absolute Gasteiger partial charge is 0.395 e. The first kappa shape index (κ1) is 16.1. The predicted molar refractivity (Wildman–Crippen MR) is 88.6 cm³/mol. The summed E-state index contributed by atoms with van der Waals surface area (Å²) < 4.78 is 4.83. The number of nitrogens with one attached hydrogen (secondary N) is 1. The lowest BCUT2D eigenvalue weighted by Gasteiger charge is -2.00. The van der Waals surface area contributed by atoms with Gasteiger partial charge in [0, 0.05) is 4.88 Å². The van der Waals surface area contributed by atoms with Crippen LogP contribution in [0, 0.1) is 10.1 Å². The number of carbonyl (C=O) groups is 2. The summed E-state index contributed by atoms with van der Waals surface area (Å²) in [5.41, 5.74) is 0. The Morgan fingerprint density at radius 1 is 1.17 bits per heavy atom. The predicted octanol–water partition coefficient (Wildman–Crippen LogP) is 3.47. The van der Waals surface area contributed by atoms with Gasteiger partial charge in [0.15, 0.2) is 5.76 Å². The zero-order valence-corrected chi connectivity index (χ0v) is 13.7. The number of carbonyl (C=O) groups excluding carboxylic acids is 2. The number of nitrogens with zero attached hydrogens (tertiary/aromatic N) is 1. The second kappa shape index (κ2) is 6.77. The van der Waals surface area contributed by atoms with Gasteiger partial charge in [-0.05, 0) is 29.6 Å². The van der Waals surface area contributed by atoms with Crippen molar-refractivity contribution in [3.8, 4) is 0 Å². The normalized spacial score (nSPS) is 10.5. The van der Waals surface area contributed by atoms with Gasteiger partial charge in [-0.15, -0.1) is 22.7 Å². The summed E-state index contributed by atoms with van der Waals surface area (Å²) in [6.07, 6.45) is 0. The monoisotopic (exact) mass is 362 g/mol. The Balaban J connectivity index is 1.61. The molecular weight excluding hydrogens is 352 g/mol. The lowest BCUT2D eigenvalue weighted by Crippen LogP contribution is -2.21. The van der Waals surface area contributed by atoms with E-state index in [9.17, 15) is 19.7 Å². The molecule has 0 bridgehead atoms. The number of ketones is 1. The molecule has 1 N–H and O–H groups in total. The average molecular weight is 362 g/mol. The van der Waals surface area contributed by atoms with Crippen molar-refractivity contribution >= 4 is 40.2 Å². The Bertz CT molecular complexity index is 895. The lowest BCUT2D eigenvalue weighted by molar-refractivity contribution is -0.402. The molecule has 0 unspecified atom stereocenters. The van der Waals surface area contributed by atoms with Crippen LogP contribution in [0.25, 0.3) is 0 Å². The molecule has 0 aliphatic carbocycles. The van der Waals surface area contributed by atoms with E-state index < -0.39 is 16.7 Å². The molecule has 0 aliphatic rings. The van der Waals surface area contributed by atoms with Crippen LogP contribution in [0.4, 0.5) is 5.88 Å². The molecular formula is C15H10N2O5S2. The highest BCUT2D eigenvalue weighted by Gasteiger charge is 2.18. The van der Waals surface area contributed by atoms with E-state index in [-0.39, 0.29) is 18.1 Å². The van der Waals surface area contributed by atoms with Gasteiger partial charge in [-0.2, -0.15) is 0 Å². The van der Waals surface area contributed by atoms with E-state index in [0.29, 0.717) is 9.75 Å². The zero-order valence-electron chi connectivity index (χ0n) is 12.1. The molecule has 24 heavy (non-hydrogen) atoms. The molecule has 3 rings (SSSR count). The first-order valence-electron chi connectivity index (χ1n) is 6.74. The number of hydrogen-bond donors (Lipinski definition) is 1. The minimum Gasteiger partial charge on any atom is -0.395 e. The van der Waals surface area contributed by atoms with Crippen molar-refractivity contribution in [1.82, 2.24) is 5.32 Å². The maximum Gasteiger partial charge on any atom is 0.433 e. The maximum atomic E-state index is 12.2. The van der Waals surface area contributed by atoms with Crippen LogP contribution >= 0.6 is 22.7 Å². The standard InChI is InChI=1S/C15H10N2O5S2/c18-14(11-2-1-7-23-11)12-5-3-9(24-12)8-16-15(19)10-4-6-13(22-10)17(20)21/h1-7H,8H2,(H,16,19). The fraction of sp³-hybridized carbons (Fsp3) is 0.0667. The lowest BCUT2D eigenvalue weighted by atomic mass is 10.3. The van der Waals surface area contributed by atoms with E-state index >= 15 is 0 Å². The molecule has 3 aromatic rings. The van der Waals surface area contributed by atoms with Crippen LogP contribution in [0.2, 0.25) is 0 Å². The molecule has 0 saturated heterocycles. The molecule has 1 amide bonds. The van der Waals surface area contributed by atoms with Gasteiger partial charge in [-0.25, -0.2) is 0 Å². The molecule has 122 valence electrons. The zero-order chi connectivity index (χ0) is 17.1. The molecule has 0 saturated carbocycles. The van der Waals surface area contributed by atoms with Crippen LogP contribution in [-0.2, 0) is 6.54 Å². The number of nitro groups is 1. The number of thiophene rings is 2. The van der Waals surface area contributed by atoms with E-state index in [1.54, 1.807) is 18.2 Å². The van der Waals surface area contributed by atoms with Crippen molar-refractivity contribution in [3.63, 3.8) is 0 Å². The fourth-order valence-electron chi connectivity index (χ4n) is 1.93. The number of rotatable bonds is 6. The van der Waals surface area contributed by atoms with Crippen molar-refractivity contribution in [2.45, 2.75) is 6.54 Å². The summed E-state index contributed by atoms with van der Waals surface area (Å²) in [6.45, 7) is 0.204. The number of furan rings is 1. The van der Waals surface area contributed by atoms with Gasteiger partial charge in [0.1, 0.15) is 4.92 Å². The molecule has 7 nitrogen and oxygen atoms in total. The van der Waals surface area contributed by atoms with E-state index in [0.717, 1.165) is 10.9 Å². The van der Waals surface area contributed by atoms with Crippen molar-refractivity contribution in [1.29, 1.82) is 0 Å². The van der Waals surface area contributed by atoms with E-state index in [2.05, 4.69) is 5.32 Å². The van der Waals surface area contributed by atoms with Gasteiger partial charge in [-0.3, -0.25) is 19.7 Å². The Kier molecular flexibility index (Phi) is 4.54. The Morgan fingerprint density at radius 3 is 2.67 bits per heavy atom. The minimum atomic E-state index is -0.710. The van der Waals surface area contributed by atoms with Crippen molar-refractivity contribution < 1.29 is 18.9 Å². The SMILES string of the molecule is O=C(NCc1ccc(C(=O)c2cccs2)s1)c1ccc([N+](=O)[O-])o1. The highest BCUT2D eigenvalue weighted by atomic mass is 32.1. The van der Waals surface area contributed by atoms with Gasteiger partial charge in [0.25, 0.3) is 5.91 Å². The largest absolute Gasteiger partial charge is 0.433 e. The summed E-state index contributed by atoms with van der Waals surface area (Å²) in [5.74, 6) is -1.22. The molecule has 0 aliphatic heterocycles. The van der Waals surface area contributed by atoms with Gasteiger partial charge < -0.3 is 9.73 Å². The highest BCUT2D eigenvalue weighted by Crippen LogP contribution is 2.22. The second-order valence-electron chi connectivity index (χ2n) is 4.65. The van der Waals surface area contributed by atoms with E-state index in [4.69, 9.17) is 4.42 Å². The maximum absolute atomic E-state index is 12.2. The third-order valence-corrected chi connectivity index (χ3v) is 5.00. The summed E-state index contributed by atoms with van der Waals surface area (Å²) >= 11 is 2.67. The molecule has 3 aromatic heterocycles. The number of amides is 1. The Labute approximate surface area is 143 Å². The van der Waals surface area contributed by atoms with E-state index in [1.165, 1.54) is 28.7 Å². The van der Waals surface area contributed by atoms with Gasteiger partial charge in [-0.1, -0.05) is 6.07 Å². The summed E-state index contributed by atoms with van der Waals surface area (Å²) in [6, 6.07) is 9.42. The topological polar surface area (TPSA) is 102 Å². The highest BCUT2D eigenvalue weighted by molar-refractivity contribution is 7.16. The third kappa shape index (κ3) is 3.42. The van der Waals surface area contributed by atoms with Crippen LogP contribution in [0.1, 0.15) is 30.0 Å². The van der Waals surface area contributed by atoms with Crippen molar-refractivity contribution in [2.75, 3.05) is 0 Å². The molecule has 0 radical (unpaired) electrons. The van der Waals surface area contributed by atoms with Gasteiger partial charge >= 0.3 is 5.88 Å². The third-order valence-electron chi connectivity index (χ3n) is 3.05. The molecule has 0 fully saturated rings. The van der Waals surface area contributed by atoms with Crippen LogP contribution < -0.4 is 5.32 Å². The summed E-state index contributed by atoms with van der Waals surface area (Å²) in [4.78, 5) is 36.0. The molecule has 9 heteroatoms. The Morgan fingerprint density at radius 2 is 2.00 bits per heavy atom. The molecule has 0 spiro atoms. The first-order chi connectivity index (χ1) is 11.5. The van der Waals surface area contributed by atoms with Gasteiger partial charge in [0.05, 0.1) is 22.4 Å². The molecule has 0 atom stereocenters. The molecule has 3 heterocycles. The molecule has 0 aromatic carbocycles. The van der Waals surface area contributed by atoms with Crippen LogP contribution in [0.3, 0.4) is 0 Å². The van der Waals surface area contributed by atoms with Crippen LogP contribution in [-0.4, -0.2) is 16.6 Å². The van der Waals surface area contributed by atoms with Crippen LogP contribution in [0.15, 0.2) is 46.2 Å². The van der Waals surface area contributed by atoms with Gasteiger partial charge in [0.2, 0.25) is 5.78 Å². The van der Waals surface area contributed by atoms with E-state index in [1.807, 2.05) is 11.4 Å².